The molecule has 19 heavy (non-hydrogen) atoms. The van der Waals surface area contributed by atoms with Crippen LogP contribution in [0.15, 0.2) is 30.3 Å². The molecule has 1 fully saturated rings. The lowest BCUT2D eigenvalue weighted by Crippen LogP contribution is -2.37. The lowest BCUT2D eigenvalue weighted by molar-refractivity contribution is -0.127. The molecule has 0 bridgehead atoms. The summed E-state index contributed by atoms with van der Waals surface area (Å²) < 4.78 is 0. The Morgan fingerprint density at radius 3 is 2.74 bits per heavy atom. The van der Waals surface area contributed by atoms with Crippen molar-refractivity contribution in [1.82, 2.24) is 5.32 Å². The zero-order valence-corrected chi connectivity index (χ0v) is 11.5. The van der Waals surface area contributed by atoms with Crippen LogP contribution in [0.2, 0.25) is 0 Å². The first-order valence-corrected chi connectivity index (χ1v) is 7.17. The fraction of sp³-hybridized carbons (Fsp3) is 0.562. The molecule has 1 aromatic carbocycles. The van der Waals surface area contributed by atoms with Crippen molar-refractivity contribution in [3.63, 3.8) is 0 Å². The average Bonchev–Trinajstić information content (AvgIpc) is 2.45. The molecule has 0 saturated heterocycles. The summed E-state index contributed by atoms with van der Waals surface area (Å²) >= 11 is 0. The SMILES string of the molecule is C[C@@H]1CCC[C@@H](C(=O)N[C@H](CO)c2ccccc2)C1. The number of nitrogens with one attached hydrogen (secondary N) is 1. The van der Waals surface area contributed by atoms with E-state index >= 15 is 0 Å². The molecule has 2 N–H and O–H groups in total. The van der Waals surface area contributed by atoms with E-state index in [4.69, 9.17) is 0 Å². The number of rotatable bonds is 4. The number of amides is 1. The van der Waals surface area contributed by atoms with Gasteiger partial charge in [0, 0.05) is 5.92 Å². The molecular weight excluding hydrogens is 238 g/mol. The lowest BCUT2D eigenvalue weighted by atomic mass is 9.82. The minimum absolute atomic E-state index is 0.0575. The van der Waals surface area contributed by atoms with E-state index in [9.17, 15) is 9.90 Å². The second-order valence-electron chi connectivity index (χ2n) is 5.62. The molecule has 0 aromatic heterocycles. The van der Waals surface area contributed by atoms with Gasteiger partial charge < -0.3 is 10.4 Å². The summed E-state index contributed by atoms with van der Waals surface area (Å²) in [5.74, 6) is 0.838. The largest absolute Gasteiger partial charge is 0.394 e. The second kappa shape index (κ2) is 6.71. The number of carbonyl (C=O) groups excluding carboxylic acids is 1. The van der Waals surface area contributed by atoms with E-state index < -0.39 is 0 Å². The molecule has 1 aliphatic carbocycles. The highest BCUT2D eigenvalue weighted by molar-refractivity contribution is 5.79. The maximum absolute atomic E-state index is 12.3. The van der Waals surface area contributed by atoms with Crippen LogP contribution in [0.3, 0.4) is 0 Å². The maximum atomic E-state index is 12.3. The molecule has 0 unspecified atom stereocenters. The number of hydrogen-bond donors (Lipinski definition) is 2. The smallest absolute Gasteiger partial charge is 0.223 e. The first kappa shape index (κ1) is 14.1. The van der Waals surface area contributed by atoms with Crippen LogP contribution >= 0.6 is 0 Å². The van der Waals surface area contributed by atoms with Crippen LogP contribution in [0.25, 0.3) is 0 Å². The third-order valence-corrected chi connectivity index (χ3v) is 4.01. The van der Waals surface area contributed by atoms with Crippen LogP contribution < -0.4 is 5.32 Å². The van der Waals surface area contributed by atoms with E-state index in [0.717, 1.165) is 24.8 Å². The van der Waals surface area contributed by atoms with Gasteiger partial charge in [0.05, 0.1) is 12.6 Å². The van der Waals surface area contributed by atoms with Crippen molar-refractivity contribution in [2.75, 3.05) is 6.61 Å². The van der Waals surface area contributed by atoms with Gasteiger partial charge in [-0.1, -0.05) is 50.1 Å². The Hall–Kier alpha value is -1.35. The summed E-state index contributed by atoms with van der Waals surface area (Å²) in [5.41, 5.74) is 0.960. The van der Waals surface area contributed by atoms with Crippen LogP contribution in [0, 0.1) is 11.8 Å². The Morgan fingerprint density at radius 1 is 1.37 bits per heavy atom. The standard InChI is InChI=1S/C16H23NO2/c1-12-6-5-9-14(10-12)16(19)17-15(11-18)13-7-3-2-4-8-13/h2-4,7-8,12,14-15,18H,5-6,9-11H2,1H3,(H,17,19)/t12-,14-,15-/m1/s1. The van der Waals surface area contributed by atoms with Crippen molar-refractivity contribution in [2.45, 2.75) is 38.6 Å². The minimum Gasteiger partial charge on any atom is -0.394 e. The van der Waals surface area contributed by atoms with Gasteiger partial charge in [-0.05, 0) is 24.3 Å². The fourth-order valence-electron chi connectivity index (χ4n) is 2.88. The summed E-state index contributed by atoms with van der Waals surface area (Å²) in [7, 11) is 0. The van der Waals surface area contributed by atoms with E-state index in [0.29, 0.717) is 5.92 Å². The van der Waals surface area contributed by atoms with Crippen LogP contribution in [0.4, 0.5) is 0 Å². The third kappa shape index (κ3) is 3.80. The Balaban J connectivity index is 1.96. The van der Waals surface area contributed by atoms with E-state index in [-0.39, 0.29) is 24.5 Å². The zero-order chi connectivity index (χ0) is 13.7. The third-order valence-electron chi connectivity index (χ3n) is 4.01. The van der Waals surface area contributed by atoms with E-state index in [2.05, 4.69) is 12.2 Å². The van der Waals surface area contributed by atoms with E-state index in [1.807, 2.05) is 30.3 Å². The lowest BCUT2D eigenvalue weighted by Gasteiger charge is -2.27. The molecule has 3 atom stereocenters. The molecule has 3 nitrogen and oxygen atoms in total. The number of hydrogen-bond acceptors (Lipinski definition) is 2. The second-order valence-corrected chi connectivity index (χ2v) is 5.62. The minimum atomic E-state index is -0.286. The van der Waals surface area contributed by atoms with Gasteiger partial charge in [-0.3, -0.25) is 4.79 Å². The quantitative estimate of drug-likeness (QED) is 0.875. The molecule has 1 aromatic rings. The van der Waals surface area contributed by atoms with Crippen molar-refractivity contribution in [1.29, 1.82) is 0 Å². The van der Waals surface area contributed by atoms with Gasteiger partial charge in [-0.25, -0.2) is 0 Å². The highest BCUT2D eigenvalue weighted by Crippen LogP contribution is 2.29. The monoisotopic (exact) mass is 261 g/mol. The van der Waals surface area contributed by atoms with Crippen LogP contribution in [0.1, 0.15) is 44.2 Å². The Morgan fingerprint density at radius 2 is 2.11 bits per heavy atom. The predicted octanol–water partition coefficient (Wildman–Crippen LogP) is 2.66. The van der Waals surface area contributed by atoms with Crippen molar-refractivity contribution in [3.8, 4) is 0 Å². The first-order valence-electron chi connectivity index (χ1n) is 7.17. The van der Waals surface area contributed by atoms with Gasteiger partial charge in [0.15, 0.2) is 0 Å². The van der Waals surface area contributed by atoms with E-state index in [1.165, 1.54) is 6.42 Å². The highest BCUT2D eigenvalue weighted by atomic mass is 16.3. The molecule has 2 rings (SSSR count). The number of carbonyl (C=O) groups is 1. The van der Waals surface area contributed by atoms with Crippen molar-refractivity contribution in [3.05, 3.63) is 35.9 Å². The van der Waals surface area contributed by atoms with E-state index in [1.54, 1.807) is 0 Å². The van der Waals surface area contributed by atoms with Gasteiger partial charge in [0.2, 0.25) is 5.91 Å². The predicted molar refractivity (Wildman–Crippen MR) is 75.5 cm³/mol. The van der Waals surface area contributed by atoms with Crippen LogP contribution in [-0.4, -0.2) is 17.6 Å². The molecule has 1 aliphatic rings. The van der Waals surface area contributed by atoms with Gasteiger partial charge >= 0.3 is 0 Å². The normalized spacial score (nSPS) is 24.7. The maximum Gasteiger partial charge on any atom is 0.223 e. The van der Waals surface area contributed by atoms with Gasteiger partial charge in [0.25, 0.3) is 0 Å². The molecular formula is C16H23NO2. The topological polar surface area (TPSA) is 49.3 Å². The molecule has 104 valence electrons. The summed E-state index contributed by atoms with van der Waals surface area (Å²) in [6.45, 7) is 2.15. The summed E-state index contributed by atoms with van der Waals surface area (Å²) in [4.78, 5) is 12.3. The van der Waals surface area contributed by atoms with Crippen molar-refractivity contribution >= 4 is 5.91 Å². The number of benzene rings is 1. The molecule has 1 amide bonds. The van der Waals surface area contributed by atoms with Gasteiger partial charge in [0.1, 0.15) is 0 Å². The summed E-state index contributed by atoms with van der Waals surface area (Å²) in [6, 6.07) is 9.36. The molecule has 0 aliphatic heterocycles. The zero-order valence-electron chi connectivity index (χ0n) is 11.5. The highest BCUT2D eigenvalue weighted by Gasteiger charge is 2.26. The molecule has 0 heterocycles. The molecule has 1 saturated carbocycles. The summed E-state index contributed by atoms with van der Waals surface area (Å²) in [6.07, 6.45) is 4.31. The average molecular weight is 261 g/mol. The Labute approximate surface area is 115 Å². The number of aliphatic hydroxyl groups excluding tert-OH is 1. The van der Waals surface area contributed by atoms with Crippen molar-refractivity contribution < 1.29 is 9.90 Å². The Bertz CT molecular complexity index is 404. The molecule has 0 radical (unpaired) electrons. The van der Waals surface area contributed by atoms with Crippen molar-refractivity contribution in [2.24, 2.45) is 11.8 Å². The van der Waals surface area contributed by atoms with Crippen LogP contribution in [0.5, 0.6) is 0 Å². The number of aliphatic hydroxyl groups is 1. The summed E-state index contributed by atoms with van der Waals surface area (Å²) in [5, 5.41) is 12.4. The molecule has 0 spiro atoms. The Kier molecular flexibility index (Phi) is 4.97. The fourth-order valence-corrected chi connectivity index (χ4v) is 2.88. The first-order chi connectivity index (χ1) is 9.20. The van der Waals surface area contributed by atoms with Gasteiger partial charge in [-0.15, -0.1) is 0 Å². The molecule has 3 heteroatoms. The van der Waals surface area contributed by atoms with Crippen LogP contribution in [-0.2, 0) is 4.79 Å². The van der Waals surface area contributed by atoms with Gasteiger partial charge in [-0.2, -0.15) is 0 Å².